The molecule has 0 bridgehead atoms. The first-order valence-corrected chi connectivity index (χ1v) is 4.92. The van der Waals surface area contributed by atoms with E-state index in [0.29, 0.717) is 0 Å². The van der Waals surface area contributed by atoms with Gasteiger partial charge < -0.3 is 15.8 Å². The normalized spacial score (nSPS) is 11.5. The van der Waals surface area contributed by atoms with Crippen LogP contribution in [0.1, 0.15) is 0 Å². The van der Waals surface area contributed by atoms with E-state index in [9.17, 15) is 13.2 Å². The highest BCUT2D eigenvalue weighted by molar-refractivity contribution is 6.35. The van der Waals surface area contributed by atoms with Crippen molar-refractivity contribution in [2.24, 2.45) is 0 Å². The topological polar surface area (TPSA) is 73.1 Å². The van der Waals surface area contributed by atoms with Gasteiger partial charge in [-0.1, -0.05) is 11.6 Å². The number of anilines is 2. The number of rotatable bonds is 5. The van der Waals surface area contributed by atoms with Crippen LogP contribution in [0.4, 0.5) is 24.8 Å². The summed E-state index contributed by atoms with van der Waals surface area (Å²) >= 11 is 5.75. The zero-order valence-electron chi connectivity index (χ0n) is 8.59. The lowest BCUT2D eigenvalue weighted by Crippen LogP contribution is -2.20. The molecule has 0 aliphatic rings. The second-order valence-corrected chi connectivity index (χ2v) is 3.39. The van der Waals surface area contributed by atoms with Gasteiger partial charge in [-0.15, -0.1) is 0 Å². The van der Waals surface area contributed by atoms with Gasteiger partial charge in [-0.25, -0.2) is 9.97 Å². The van der Waals surface area contributed by atoms with Gasteiger partial charge in [0.2, 0.25) is 0 Å². The van der Waals surface area contributed by atoms with E-state index in [0.717, 1.165) is 0 Å². The highest BCUT2D eigenvalue weighted by atomic mass is 35.5. The smallest absolute Gasteiger partial charge is 0.382 e. The van der Waals surface area contributed by atoms with Crippen LogP contribution < -0.4 is 11.1 Å². The summed E-state index contributed by atoms with van der Waals surface area (Å²) in [6.07, 6.45) is -3.13. The Morgan fingerprint density at radius 3 is 2.76 bits per heavy atom. The lowest BCUT2D eigenvalue weighted by molar-refractivity contribution is -0.172. The number of hydrogen-bond donors (Lipinski definition) is 2. The molecule has 0 radical (unpaired) electrons. The maximum absolute atomic E-state index is 11.7. The van der Waals surface area contributed by atoms with Crippen LogP contribution in [-0.4, -0.2) is 35.9 Å². The molecule has 1 aromatic heterocycles. The standard InChI is InChI=1S/C8H10ClF3N4O/c9-5-6(13)15-4-16-7(5)14-1-2-17-3-8(10,11)12/h4H,1-3H2,(H3,13,14,15,16). The van der Waals surface area contributed by atoms with Crippen molar-refractivity contribution < 1.29 is 17.9 Å². The Hall–Kier alpha value is -1.28. The van der Waals surface area contributed by atoms with E-state index in [4.69, 9.17) is 17.3 Å². The zero-order chi connectivity index (χ0) is 12.9. The highest BCUT2D eigenvalue weighted by Gasteiger charge is 2.27. The first-order valence-electron chi connectivity index (χ1n) is 4.54. The van der Waals surface area contributed by atoms with Crippen molar-refractivity contribution in [2.75, 3.05) is 30.8 Å². The molecule has 17 heavy (non-hydrogen) atoms. The Labute approximate surface area is 100 Å². The summed E-state index contributed by atoms with van der Waals surface area (Å²) in [6, 6.07) is 0. The van der Waals surface area contributed by atoms with E-state index in [2.05, 4.69) is 20.0 Å². The molecule has 0 saturated heterocycles. The van der Waals surface area contributed by atoms with Crippen LogP contribution in [0, 0.1) is 0 Å². The second-order valence-electron chi connectivity index (χ2n) is 3.02. The molecule has 0 unspecified atom stereocenters. The fraction of sp³-hybridized carbons (Fsp3) is 0.500. The summed E-state index contributed by atoms with van der Waals surface area (Å²) in [6.45, 7) is -1.28. The lowest BCUT2D eigenvalue weighted by atomic mass is 10.5. The van der Waals surface area contributed by atoms with Crippen LogP contribution in [0.2, 0.25) is 5.02 Å². The van der Waals surface area contributed by atoms with Crippen LogP contribution in [0.15, 0.2) is 6.33 Å². The minimum Gasteiger partial charge on any atom is -0.382 e. The maximum Gasteiger partial charge on any atom is 0.411 e. The van der Waals surface area contributed by atoms with Crippen molar-refractivity contribution in [3.05, 3.63) is 11.3 Å². The monoisotopic (exact) mass is 270 g/mol. The van der Waals surface area contributed by atoms with Crippen LogP contribution >= 0.6 is 11.6 Å². The van der Waals surface area contributed by atoms with Crippen LogP contribution in [0.25, 0.3) is 0 Å². The third-order valence-electron chi connectivity index (χ3n) is 1.62. The van der Waals surface area contributed by atoms with Crippen molar-refractivity contribution >= 4 is 23.2 Å². The highest BCUT2D eigenvalue weighted by Crippen LogP contribution is 2.22. The van der Waals surface area contributed by atoms with Crippen molar-refractivity contribution in [3.63, 3.8) is 0 Å². The summed E-state index contributed by atoms with van der Waals surface area (Å²) < 4.78 is 39.5. The van der Waals surface area contributed by atoms with Gasteiger partial charge in [-0.2, -0.15) is 13.2 Å². The SMILES string of the molecule is Nc1ncnc(NCCOCC(F)(F)F)c1Cl. The third kappa shape index (κ3) is 5.05. The van der Waals surface area contributed by atoms with Gasteiger partial charge in [0.05, 0.1) is 6.61 Å². The minimum absolute atomic E-state index is 0.0976. The number of aromatic nitrogens is 2. The summed E-state index contributed by atoms with van der Waals surface area (Å²) in [5.41, 5.74) is 5.41. The number of halogens is 4. The van der Waals surface area contributed by atoms with E-state index in [1.807, 2.05) is 0 Å². The fourth-order valence-corrected chi connectivity index (χ4v) is 1.10. The van der Waals surface area contributed by atoms with Crippen LogP contribution in [0.3, 0.4) is 0 Å². The number of alkyl halides is 3. The molecule has 1 heterocycles. The first-order chi connectivity index (χ1) is 7.90. The molecule has 96 valence electrons. The number of hydrogen-bond acceptors (Lipinski definition) is 5. The molecule has 0 saturated carbocycles. The Morgan fingerprint density at radius 1 is 1.41 bits per heavy atom. The van der Waals surface area contributed by atoms with Crippen molar-refractivity contribution in [1.29, 1.82) is 0 Å². The molecule has 0 fully saturated rings. The Bertz CT molecular complexity index is 374. The number of nitrogens with zero attached hydrogens (tertiary/aromatic N) is 2. The number of ether oxygens (including phenoxy) is 1. The van der Waals surface area contributed by atoms with Gasteiger partial charge in [0, 0.05) is 6.54 Å². The first kappa shape index (κ1) is 13.8. The predicted molar refractivity (Wildman–Crippen MR) is 56.8 cm³/mol. The van der Waals surface area contributed by atoms with Crippen molar-refractivity contribution in [3.8, 4) is 0 Å². The van der Waals surface area contributed by atoms with Crippen LogP contribution in [-0.2, 0) is 4.74 Å². The minimum atomic E-state index is -4.32. The molecule has 9 heteroatoms. The molecular weight excluding hydrogens is 261 g/mol. The Kier molecular flexibility index (Phi) is 4.76. The van der Waals surface area contributed by atoms with E-state index in [1.54, 1.807) is 0 Å². The molecule has 0 aromatic carbocycles. The Morgan fingerprint density at radius 2 is 2.12 bits per heavy atom. The average molecular weight is 271 g/mol. The van der Waals surface area contributed by atoms with E-state index in [1.165, 1.54) is 6.33 Å². The maximum atomic E-state index is 11.7. The molecule has 0 aliphatic carbocycles. The quantitative estimate of drug-likeness (QED) is 0.797. The molecule has 0 atom stereocenters. The van der Waals surface area contributed by atoms with E-state index < -0.39 is 12.8 Å². The molecule has 1 aromatic rings. The predicted octanol–water partition coefficient (Wildman–Crippen LogP) is 1.70. The summed E-state index contributed by atoms with van der Waals surface area (Å²) in [5, 5.41) is 2.81. The van der Waals surface area contributed by atoms with E-state index in [-0.39, 0.29) is 29.8 Å². The molecule has 3 N–H and O–H groups in total. The molecule has 5 nitrogen and oxygen atoms in total. The van der Waals surface area contributed by atoms with Gasteiger partial charge in [0.15, 0.2) is 5.82 Å². The van der Waals surface area contributed by atoms with Crippen molar-refractivity contribution in [2.45, 2.75) is 6.18 Å². The van der Waals surface area contributed by atoms with E-state index >= 15 is 0 Å². The van der Waals surface area contributed by atoms with Gasteiger partial charge in [0.1, 0.15) is 23.8 Å². The average Bonchev–Trinajstić information content (AvgIpc) is 2.22. The van der Waals surface area contributed by atoms with Crippen LogP contribution in [0.5, 0.6) is 0 Å². The van der Waals surface area contributed by atoms with Gasteiger partial charge in [-0.05, 0) is 0 Å². The third-order valence-corrected chi connectivity index (χ3v) is 1.99. The number of nitrogen functional groups attached to an aromatic ring is 1. The number of nitrogens with one attached hydrogen (secondary N) is 1. The van der Waals surface area contributed by atoms with Crippen molar-refractivity contribution in [1.82, 2.24) is 9.97 Å². The molecular formula is C8H10ClF3N4O. The fourth-order valence-electron chi connectivity index (χ4n) is 0.936. The summed E-state index contributed by atoms with van der Waals surface area (Å²) in [7, 11) is 0. The lowest BCUT2D eigenvalue weighted by Gasteiger charge is -2.09. The number of nitrogens with two attached hydrogens (primary N) is 1. The van der Waals surface area contributed by atoms with Gasteiger partial charge in [-0.3, -0.25) is 0 Å². The molecule has 0 amide bonds. The zero-order valence-corrected chi connectivity index (χ0v) is 9.35. The summed E-state index contributed by atoms with van der Waals surface area (Å²) in [4.78, 5) is 7.40. The summed E-state index contributed by atoms with van der Waals surface area (Å²) in [5.74, 6) is 0.357. The largest absolute Gasteiger partial charge is 0.411 e. The second kappa shape index (κ2) is 5.87. The molecule has 0 spiro atoms. The molecule has 1 rings (SSSR count). The molecule has 0 aliphatic heterocycles. The van der Waals surface area contributed by atoms with Gasteiger partial charge in [0.25, 0.3) is 0 Å². The van der Waals surface area contributed by atoms with Gasteiger partial charge >= 0.3 is 6.18 Å². The Balaban J connectivity index is 2.29.